The van der Waals surface area contributed by atoms with Gasteiger partial charge in [0.25, 0.3) is 0 Å². The lowest BCUT2D eigenvalue weighted by Crippen LogP contribution is -2.15. The maximum Gasteiger partial charge on any atom is 0.100 e. The molecule has 2 N–H and O–H groups in total. The lowest BCUT2D eigenvalue weighted by molar-refractivity contribution is 0.150. The van der Waals surface area contributed by atoms with E-state index in [1.807, 2.05) is 6.08 Å². The Kier molecular flexibility index (Phi) is 9.42. The summed E-state index contributed by atoms with van der Waals surface area (Å²) in [6.45, 7) is 7.56. The van der Waals surface area contributed by atoms with Gasteiger partial charge in [-0.05, 0) is 56.4 Å². The Morgan fingerprint density at radius 3 is 2.26 bits per heavy atom. The van der Waals surface area contributed by atoms with E-state index in [0.29, 0.717) is 17.9 Å². The second kappa shape index (κ2) is 10.8. The number of aliphatic hydroxyl groups is 2. The highest BCUT2D eigenvalue weighted by molar-refractivity contribution is 5.29. The molecule has 132 valence electrons. The van der Waals surface area contributed by atoms with Gasteiger partial charge in [-0.3, -0.25) is 0 Å². The van der Waals surface area contributed by atoms with E-state index in [9.17, 15) is 4.39 Å². The summed E-state index contributed by atoms with van der Waals surface area (Å²) in [7, 11) is 0. The normalized spacial score (nSPS) is 23.4. The van der Waals surface area contributed by atoms with Crippen molar-refractivity contribution in [3.63, 3.8) is 0 Å². The van der Waals surface area contributed by atoms with Crippen LogP contribution in [0.15, 0.2) is 35.7 Å². The van der Waals surface area contributed by atoms with Gasteiger partial charge in [-0.25, -0.2) is 4.39 Å². The van der Waals surface area contributed by atoms with Crippen molar-refractivity contribution in [2.45, 2.75) is 58.8 Å². The molecule has 0 amide bonds. The van der Waals surface area contributed by atoms with Gasteiger partial charge in [0.15, 0.2) is 0 Å². The molecule has 0 atom stereocenters. The monoisotopic (exact) mass is 324 g/mol. The molecule has 1 fully saturated rings. The number of hydrogen-bond acceptors (Lipinski definition) is 2. The third-order valence-corrected chi connectivity index (χ3v) is 5.03. The predicted octanol–water partition coefficient (Wildman–Crippen LogP) is 4.94. The maximum atomic E-state index is 13.7. The highest BCUT2D eigenvalue weighted by atomic mass is 19.1. The second-order valence-electron chi connectivity index (χ2n) is 6.91. The molecule has 0 spiro atoms. The predicted molar refractivity (Wildman–Crippen MR) is 94.7 cm³/mol. The van der Waals surface area contributed by atoms with Gasteiger partial charge in [0.1, 0.15) is 5.83 Å². The molecule has 1 saturated carbocycles. The van der Waals surface area contributed by atoms with E-state index in [1.165, 1.54) is 45.4 Å². The molecule has 0 heterocycles. The fourth-order valence-electron chi connectivity index (χ4n) is 3.40. The molecule has 1 aliphatic carbocycles. The van der Waals surface area contributed by atoms with Crippen molar-refractivity contribution in [1.82, 2.24) is 0 Å². The third-order valence-electron chi connectivity index (χ3n) is 5.03. The SMILES string of the molecule is C=C(/C=C\C(CC(CO)CO)=C(/C)F)C1CCC(CCC)CC1. The van der Waals surface area contributed by atoms with Crippen LogP contribution in [0, 0.1) is 17.8 Å². The Labute approximate surface area is 140 Å². The number of halogens is 1. The van der Waals surface area contributed by atoms with Crippen molar-refractivity contribution in [2.75, 3.05) is 13.2 Å². The fraction of sp³-hybridized carbons (Fsp3) is 0.700. The minimum Gasteiger partial charge on any atom is -0.396 e. The average molecular weight is 324 g/mol. The van der Waals surface area contributed by atoms with E-state index in [0.717, 1.165) is 11.5 Å². The summed E-state index contributed by atoms with van der Waals surface area (Å²) in [6.07, 6.45) is 11.5. The van der Waals surface area contributed by atoms with Crippen LogP contribution >= 0.6 is 0 Å². The van der Waals surface area contributed by atoms with Gasteiger partial charge in [0.2, 0.25) is 0 Å². The molecule has 23 heavy (non-hydrogen) atoms. The van der Waals surface area contributed by atoms with Crippen LogP contribution in [0.5, 0.6) is 0 Å². The van der Waals surface area contributed by atoms with Gasteiger partial charge in [-0.2, -0.15) is 0 Å². The van der Waals surface area contributed by atoms with Gasteiger partial charge >= 0.3 is 0 Å². The Hall–Kier alpha value is -0.930. The van der Waals surface area contributed by atoms with Gasteiger partial charge in [-0.15, -0.1) is 0 Å². The molecular formula is C20H33FO2. The Balaban J connectivity index is 2.57. The highest BCUT2D eigenvalue weighted by Gasteiger charge is 2.21. The fourth-order valence-corrected chi connectivity index (χ4v) is 3.40. The first-order valence-electron chi connectivity index (χ1n) is 8.95. The van der Waals surface area contributed by atoms with Crippen molar-refractivity contribution < 1.29 is 14.6 Å². The molecule has 1 rings (SSSR count). The standard InChI is InChI=1S/C20H33FO2/c1-4-5-17-7-10-19(11-8-17)15(2)6-9-20(16(3)21)12-18(13-22)14-23/h6,9,17-19,22-23H,2,4-5,7-8,10-14H2,1,3H3/b9-6-,20-16-. The smallest absolute Gasteiger partial charge is 0.100 e. The first-order valence-corrected chi connectivity index (χ1v) is 8.95. The van der Waals surface area contributed by atoms with Gasteiger partial charge < -0.3 is 10.2 Å². The van der Waals surface area contributed by atoms with Crippen LogP contribution in [0.3, 0.4) is 0 Å². The van der Waals surface area contributed by atoms with Crippen LogP contribution in [0.25, 0.3) is 0 Å². The first kappa shape index (κ1) is 20.1. The topological polar surface area (TPSA) is 40.5 Å². The average Bonchev–Trinajstić information content (AvgIpc) is 2.55. The number of hydrogen-bond donors (Lipinski definition) is 2. The molecular weight excluding hydrogens is 291 g/mol. The molecule has 0 aromatic rings. The van der Waals surface area contributed by atoms with Crippen LogP contribution < -0.4 is 0 Å². The molecule has 0 bridgehead atoms. The summed E-state index contributed by atoms with van der Waals surface area (Å²) in [5.41, 5.74) is 1.61. The molecule has 2 nitrogen and oxygen atoms in total. The first-order chi connectivity index (χ1) is 11.0. The maximum absolute atomic E-state index is 13.7. The lowest BCUT2D eigenvalue weighted by Gasteiger charge is -2.28. The zero-order valence-electron chi connectivity index (χ0n) is 14.7. The molecule has 3 heteroatoms. The molecule has 1 aliphatic rings. The zero-order chi connectivity index (χ0) is 17.2. The summed E-state index contributed by atoms with van der Waals surface area (Å²) in [5, 5.41) is 18.3. The molecule has 0 aromatic carbocycles. The zero-order valence-corrected chi connectivity index (χ0v) is 14.7. The Morgan fingerprint density at radius 1 is 1.17 bits per heavy atom. The van der Waals surface area contributed by atoms with Crippen LogP contribution in [-0.4, -0.2) is 23.4 Å². The molecule has 0 unspecified atom stereocenters. The summed E-state index contributed by atoms with van der Waals surface area (Å²) in [5.74, 6) is 0.809. The highest BCUT2D eigenvalue weighted by Crippen LogP contribution is 2.35. The van der Waals surface area contributed by atoms with Gasteiger partial charge in [-0.1, -0.05) is 44.1 Å². The summed E-state index contributed by atoms with van der Waals surface area (Å²) in [6, 6.07) is 0. The van der Waals surface area contributed by atoms with Gasteiger partial charge in [0.05, 0.1) is 0 Å². The minimum atomic E-state index is -0.307. The van der Waals surface area contributed by atoms with Crippen molar-refractivity contribution in [1.29, 1.82) is 0 Å². The van der Waals surface area contributed by atoms with Crippen LogP contribution in [0.1, 0.15) is 58.8 Å². The van der Waals surface area contributed by atoms with Crippen molar-refractivity contribution >= 4 is 0 Å². The van der Waals surface area contributed by atoms with E-state index < -0.39 is 0 Å². The van der Waals surface area contributed by atoms with E-state index in [4.69, 9.17) is 10.2 Å². The summed E-state index contributed by atoms with van der Waals surface area (Å²) in [4.78, 5) is 0. The number of rotatable bonds is 9. The molecule has 0 aliphatic heterocycles. The Morgan fingerprint density at radius 2 is 1.78 bits per heavy atom. The van der Waals surface area contributed by atoms with Crippen LogP contribution in [0.2, 0.25) is 0 Å². The van der Waals surface area contributed by atoms with Crippen LogP contribution in [-0.2, 0) is 0 Å². The van der Waals surface area contributed by atoms with Crippen molar-refractivity contribution in [3.8, 4) is 0 Å². The van der Waals surface area contributed by atoms with Gasteiger partial charge in [0, 0.05) is 19.1 Å². The number of aliphatic hydroxyl groups excluding tert-OH is 2. The summed E-state index contributed by atoms with van der Waals surface area (Å²) >= 11 is 0. The molecule has 0 saturated heterocycles. The van der Waals surface area contributed by atoms with E-state index >= 15 is 0 Å². The second-order valence-corrected chi connectivity index (χ2v) is 6.91. The van der Waals surface area contributed by atoms with E-state index in [-0.39, 0.29) is 25.0 Å². The molecule has 0 radical (unpaired) electrons. The summed E-state index contributed by atoms with van der Waals surface area (Å²) < 4.78 is 13.7. The minimum absolute atomic E-state index is 0.135. The van der Waals surface area contributed by atoms with Crippen molar-refractivity contribution in [2.24, 2.45) is 17.8 Å². The van der Waals surface area contributed by atoms with Crippen LogP contribution in [0.4, 0.5) is 4.39 Å². The lowest BCUT2D eigenvalue weighted by atomic mass is 9.77. The molecule has 0 aromatic heterocycles. The van der Waals surface area contributed by atoms with E-state index in [2.05, 4.69) is 13.5 Å². The largest absolute Gasteiger partial charge is 0.396 e. The number of allylic oxidation sites excluding steroid dienone is 5. The van der Waals surface area contributed by atoms with E-state index in [1.54, 1.807) is 6.08 Å². The van der Waals surface area contributed by atoms with Crippen molar-refractivity contribution in [3.05, 3.63) is 35.7 Å². The third kappa shape index (κ3) is 7.01. The quantitative estimate of drug-likeness (QED) is 0.590. The Bertz CT molecular complexity index is 409.